The van der Waals surface area contributed by atoms with E-state index >= 15 is 0 Å². The molecule has 2 aromatic heterocycles. The summed E-state index contributed by atoms with van der Waals surface area (Å²) in [5.74, 6) is 1.54. The van der Waals surface area contributed by atoms with Crippen LogP contribution >= 0.6 is 0 Å². The molecule has 0 aliphatic heterocycles. The minimum Gasteiger partial charge on any atom is -0.359 e. The summed E-state index contributed by atoms with van der Waals surface area (Å²) in [6.07, 6.45) is 5.64. The topological polar surface area (TPSA) is 53.9 Å². The van der Waals surface area contributed by atoms with Crippen LogP contribution in [0.1, 0.15) is 23.7 Å². The average Bonchev–Trinajstić information content (AvgIpc) is 2.67. The van der Waals surface area contributed by atoms with Crippen LogP contribution in [0.15, 0.2) is 54.9 Å². The molecule has 0 aliphatic carbocycles. The van der Waals surface area contributed by atoms with Crippen LogP contribution in [0.3, 0.4) is 0 Å². The molecule has 1 N–H and O–H groups in total. The Morgan fingerprint density at radius 1 is 0.962 bits per heavy atom. The van der Waals surface area contributed by atoms with Crippen LogP contribution in [0.25, 0.3) is 0 Å². The van der Waals surface area contributed by atoms with E-state index in [1.807, 2.05) is 37.5 Å². The van der Waals surface area contributed by atoms with E-state index in [0.717, 1.165) is 36.6 Å². The van der Waals surface area contributed by atoms with E-state index in [4.69, 9.17) is 0 Å². The number of hydrogen-bond acceptors (Lipinski definition) is 5. The molecule has 0 aliphatic rings. The van der Waals surface area contributed by atoms with Crippen molar-refractivity contribution in [3.8, 4) is 0 Å². The first-order valence-corrected chi connectivity index (χ1v) is 8.95. The first-order chi connectivity index (χ1) is 12.6. The average molecular weight is 347 g/mol. The van der Waals surface area contributed by atoms with Crippen molar-refractivity contribution in [1.29, 1.82) is 0 Å². The van der Waals surface area contributed by atoms with Crippen molar-refractivity contribution >= 4 is 17.5 Å². The number of benzene rings is 1. The van der Waals surface area contributed by atoms with Crippen molar-refractivity contribution in [2.45, 2.75) is 26.7 Å². The van der Waals surface area contributed by atoms with Gasteiger partial charge in [0.05, 0.1) is 0 Å². The third-order valence-corrected chi connectivity index (χ3v) is 4.34. The van der Waals surface area contributed by atoms with Gasteiger partial charge < -0.3 is 10.2 Å². The molecule has 2 heterocycles. The summed E-state index contributed by atoms with van der Waals surface area (Å²) in [7, 11) is 2.06. The number of likely N-dealkylation sites (N-methyl/N-ethyl adjacent to an activating group) is 1. The predicted octanol–water partition coefficient (Wildman–Crippen LogP) is 4.16. The van der Waals surface area contributed by atoms with Gasteiger partial charge in [-0.1, -0.05) is 19.1 Å². The minimum atomic E-state index is 0.625. The van der Waals surface area contributed by atoms with Crippen LogP contribution in [-0.2, 0) is 12.8 Å². The van der Waals surface area contributed by atoms with E-state index in [0.29, 0.717) is 5.95 Å². The molecule has 0 unspecified atom stereocenters. The van der Waals surface area contributed by atoms with Gasteiger partial charge in [0.1, 0.15) is 5.82 Å². The van der Waals surface area contributed by atoms with Crippen LogP contribution in [0.5, 0.6) is 0 Å². The van der Waals surface area contributed by atoms with Gasteiger partial charge in [-0.2, -0.15) is 4.98 Å². The fourth-order valence-corrected chi connectivity index (χ4v) is 2.72. The Bertz CT molecular complexity index is 831. The largest absolute Gasteiger partial charge is 0.359 e. The van der Waals surface area contributed by atoms with E-state index in [2.05, 4.69) is 63.4 Å². The first-order valence-electron chi connectivity index (χ1n) is 8.95. The summed E-state index contributed by atoms with van der Waals surface area (Å²) in [6, 6.07) is 14.5. The van der Waals surface area contributed by atoms with Crippen LogP contribution in [0.4, 0.5) is 17.5 Å². The Balaban J connectivity index is 1.69. The van der Waals surface area contributed by atoms with Crippen molar-refractivity contribution in [2.24, 2.45) is 0 Å². The van der Waals surface area contributed by atoms with Gasteiger partial charge in [-0.05, 0) is 55.2 Å². The summed E-state index contributed by atoms with van der Waals surface area (Å²) in [4.78, 5) is 15.4. The third-order valence-electron chi connectivity index (χ3n) is 4.34. The maximum absolute atomic E-state index is 4.68. The molecule has 1 aromatic carbocycles. The second-order valence-electron chi connectivity index (χ2n) is 6.39. The van der Waals surface area contributed by atoms with E-state index in [9.17, 15) is 0 Å². The van der Waals surface area contributed by atoms with Gasteiger partial charge >= 0.3 is 0 Å². The molecule has 0 radical (unpaired) electrons. The number of nitrogens with one attached hydrogen (secondary N) is 1. The van der Waals surface area contributed by atoms with E-state index in [1.54, 1.807) is 0 Å². The zero-order valence-electron chi connectivity index (χ0n) is 15.6. The molecule has 0 saturated heterocycles. The molecule has 3 aromatic rings. The van der Waals surface area contributed by atoms with Crippen molar-refractivity contribution in [1.82, 2.24) is 15.0 Å². The number of nitrogens with zero attached hydrogens (tertiary/aromatic N) is 4. The highest BCUT2D eigenvalue weighted by atomic mass is 15.2. The maximum atomic E-state index is 4.68. The molecule has 3 rings (SSSR count). The smallest absolute Gasteiger partial charge is 0.229 e. The number of aromatic nitrogens is 3. The molecule has 26 heavy (non-hydrogen) atoms. The molecule has 0 saturated carbocycles. The van der Waals surface area contributed by atoms with Crippen LogP contribution in [0.2, 0.25) is 0 Å². The van der Waals surface area contributed by atoms with Gasteiger partial charge in [-0.25, -0.2) is 4.98 Å². The summed E-state index contributed by atoms with van der Waals surface area (Å²) in [5.41, 5.74) is 4.53. The first kappa shape index (κ1) is 17.9. The van der Waals surface area contributed by atoms with Gasteiger partial charge in [0, 0.05) is 43.4 Å². The van der Waals surface area contributed by atoms with Crippen LogP contribution < -0.4 is 10.2 Å². The molecular formula is C21H25N5. The number of rotatable bonds is 7. The fourth-order valence-electron chi connectivity index (χ4n) is 2.72. The molecule has 5 nitrogen and oxygen atoms in total. The fraction of sp³-hybridized carbons (Fsp3) is 0.286. The van der Waals surface area contributed by atoms with E-state index < -0.39 is 0 Å². The lowest BCUT2D eigenvalue weighted by molar-refractivity contribution is 0.853. The molecule has 0 fully saturated rings. The highest BCUT2D eigenvalue weighted by Gasteiger charge is 2.08. The van der Waals surface area contributed by atoms with Gasteiger partial charge in [0.15, 0.2) is 0 Å². The monoisotopic (exact) mass is 347 g/mol. The Morgan fingerprint density at radius 2 is 1.69 bits per heavy atom. The summed E-state index contributed by atoms with van der Waals surface area (Å²) in [5, 5.41) is 3.31. The molecule has 134 valence electrons. The van der Waals surface area contributed by atoms with E-state index in [1.165, 1.54) is 11.1 Å². The van der Waals surface area contributed by atoms with Gasteiger partial charge in [0.2, 0.25) is 5.95 Å². The van der Waals surface area contributed by atoms with Crippen molar-refractivity contribution in [2.75, 3.05) is 23.8 Å². The van der Waals surface area contributed by atoms with Crippen molar-refractivity contribution < 1.29 is 0 Å². The lowest BCUT2D eigenvalue weighted by Gasteiger charge is -2.19. The zero-order valence-corrected chi connectivity index (χ0v) is 15.6. The maximum Gasteiger partial charge on any atom is 0.229 e. The Hall–Kier alpha value is -2.95. The lowest BCUT2D eigenvalue weighted by Crippen LogP contribution is -2.22. The molecule has 0 atom stereocenters. The highest BCUT2D eigenvalue weighted by molar-refractivity contribution is 5.56. The van der Waals surface area contributed by atoms with Crippen molar-refractivity contribution in [3.05, 3.63) is 71.7 Å². The number of pyridine rings is 1. The second-order valence-corrected chi connectivity index (χ2v) is 6.39. The van der Waals surface area contributed by atoms with Gasteiger partial charge in [0.25, 0.3) is 0 Å². The summed E-state index contributed by atoms with van der Waals surface area (Å²) >= 11 is 0. The molecule has 0 amide bonds. The van der Waals surface area contributed by atoms with E-state index in [-0.39, 0.29) is 0 Å². The molecule has 5 heteroatoms. The Morgan fingerprint density at radius 3 is 2.38 bits per heavy atom. The Labute approximate surface area is 155 Å². The molecule has 0 bridgehead atoms. The number of hydrogen-bond donors (Lipinski definition) is 1. The molecule has 0 spiro atoms. The Kier molecular flexibility index (Phi) is 5.79. The molecular weight excluding hydrogens is 322 g/mol. The van der Waals surface area contributed by atoms with Crippen LogP contribution in [0, 0.1) is 6.92 Å². The lowest BCUT2D eigenvalue weighted by atomic mass is 10.1. The third kappa shape index (κ3) is 4.79. The van der Waals surface area contributed by atoms with Crippen LogP contribution in [-0.4, -0.2) is 28.5 Å². The minimum absolute atomic E-state index is 0.625. The number of anilines is 3. The summed E-state index contributed by atoms with van der Waals surface area (Å²) in [6.45, 7) is 5.03. The highest BCUT2D eigenvalue weighted by Crippen LogP contribution is 2.18. The van der Waals surface area contributed by atoms with Gasteiger partial charge in [-0.15, -0.1) is 0 Å². The summed E-state index contributed by atoms with van der Waals surface area (Å²) < 4.78 is 0. The zero-order chi connectivity index (χ0) is 18.4. The van der Waals surface area contributed by atoms with Gasteiger partial charge in [-0.3, -0.25) is 4.98 Å². The predicted molar refractivity (Wildman–Crippen MR) is 107 cm³/mol. The van der Waals surface area contributed by atoms with Crippen molar-refractivity contribution in [3.63, 3.8) is 0 Å². The SMILES string of the molecule is CCc1ccc(Nc2nc(C)cc(N(C)CCc3ccncc3)n2)cc1. The number of aryl methyl sites for hydroxylation is 2. The standard InChI is InChI=1S/C21H25N5/c1-4-17-5-7-19(8-6-17)24-21-23-16(2)15-20(25-21)26(3)14-11-18-9-12-22-13-10-18/h5-10,12-13,15H,4,11,14H2,1-3H3,(H,23,24,25). The second kappa shape index (κ2) is 8.43. The quantitative estimate of drug-likeness (QED) is 0.695. The normalized spacial score (nSPS) is 10.6.